The van der Waals surface area contributed by atoms with E-state index in [1.54, 1.807) is 6.07 Å². The zero-order chi connectivity index (χ0) is 13.0. The van der Waals surface area contributed by atoms with Gasteiger partial charge >= 0.3 is 0 Å². The van der Waals surface area contributed by atoms with Gasteiger partial charge in [0, 0.05) is 18.6 Å². The maximum Gasteiger partial charge on any atom is 0.164 e. The first-order chi connectivity index (χ1) is 8.68. The Morgan fingerprint density at radius 3 is 3.06 bits per heavy atom. The molecule has 0 amide bonds. The highest BCUT2D eigenvalue weighted by Gasteiger charge is 2.17. The number of ketones is 1. The third kappa shape index (κ3) is 3.30. The minimum atomic E-state index is -0.540. The van der Waals surface area contributed by atoms with Crippen LogP contribution < -0.4 is 0 Å². The Labute approximate surface area is 111 Å². The summed E-state index contributed by atoms with van der Waals surface area (Å²) in [5.41, 5.74) is 0.281. The highest BCUT2D eigenvalue weighted by Crippen LogP contribution is 2.23. The number of hydrogen-bond donors (Lipinski definition) is 0. The molecule has 1 unspecified atom stereocenters. The molecule has 18 heavy (non-hydrogen) atoms. The monoisotopic (exact) mass is 270 g/mol. The first-order valence-corrected chi connectivity index (χ1v) is 6.65. The Bertz CT molecular complexity index is 428. The molecule has 2 nitrogen and oxygen atoms in total. The van der Waals surface area contributed by atoms with Crippen LogP contribution in [0.15, 0.2) is 18.2 Å². The molecule has 4 heteroatoms. The lowest BCUT2D eigenvalue weighted by molar-refractivity contribution is 0.0922. The van der Waals surface area contributed by atoms with E-state index in [4.69, 9.17) is 16.3 Å². The van der Waals surface area contributed by atoms with Crippen molar-refractivity contribution in [1.29, 1.82) is 0 Å². The van der Waals surface area contributed by atoms with E-state index in [-0.39, 0.29) is 16.4 Å². The van der Waals surface area contributed by atoms with Crippen LogP contribution in [0.4, 0.5) is 4.39 Å². The second-order valence-corrected chi connectivity index (χ2v) is 4.93. The number of carbonyl (C=O) groups is 1. The van der Waals surface area contributed by atoms with Crippen molar-refractivity contribution >= 4 is 17.4 Å². The molecule has 98 valence electrons. The van der Waals surface area contributed by atoms with Gasteiger partial charge < -0.3 is 4.74 Å². The van der Waals surface area contributed by atoms with Crippen molar-refractivity contribution in [2.24, 2.45) is 0 Å². The van der Waals surface area contributed by atoms with Crippen LogP contribution >= 0.6 is 11.6 Å². The molecule has 1 fully saturated rings. The summed E-state index contributed by atoms with van der Waals surface area (Å²) in [6, 6.07) is 4.33. The molecule has 1 atom stereocenters. The van der Waals surface area contributed by atoms with E-state index >= 15 is 0 Å². The summed E-state index contributed by atoms with van der Waals surface area (Å²) in [4.78, 5) is 11.9. The van der Waals surface area contributed by atoms with Crippen LogP contribution in [0.1, 0.15) is 42.5 Å². The van der Waals surface area contributed by atoms with Crippen molar-refractivity contribution in [2.75, 3.05) is 6.61 Å². The highest BCUT2D eigenvalue weighted by atomic mass is 35.5. The number of Topliss-reactive ketones (excluding diaryl/α,β-unsaturated/α-hetero) is 1. The van der Waals surface area contributed by atoms with Gasteiger partial charge in [-0.25, -0.2) is 4.39 Å². The molecular formula is C14H16ClFO2. The van der Waals surface area contributed by atoms with Crippen molar-refractivity contribution < 1.29 is 13.9 Å². The molecule has 1 aromatic rings. The lowest BCUT2D eigenvalue weighted by Gasteiger charge is -2.08. The number of benzene rings is 1. The SMILES string of the molecule is O=C(CCCC1CCCO1)c1cccc(F)c1Cl. The molecule has 0 N–H and O–H groups in total. The van der Waals surface area contributed by atoms with Gasteiger partial charge in [-0.1, -0.05) is 17.7 Å². The summed E-state index contributed by atoms with van der Waals surface area (Å²) in [5.74, 6) is -0.640. The summed E-state index contributed by atoms with van der Waals surface area (Å²) in [6.07, 6.45) is 4.52. The van der Waals surface area contributed by atoms with Crippen LogP contribution in [0.5, 0.6) is 0 Å². The lowest BCUT2D eigenvalue weighted by atomic mass is 10.0. The lowest BCUT2D eigenvalue weighted by Crippen LogP contribution is -2.07. The molecule has 1 heterocycles. The van der Waals surface area contributed by atoms with E-state index < -0.39 is 5.82 Å². The molecular weight excluding hydrogens is 255 g/mol. The van der Waals surface area contributed by atoms with E-state index in [0.29, 0.717) is 12.5 Å². The topological polar surface area (TPSA) is 26.3 Å². The van der Waals surface area contributed by atoms with E-state index in [0.717, 1.165) is 32.3 Å². The maximum absolute atomic E-state index is 13.2. The van der Waals surface area contributed by atoms with Crippen LogP contribution in [-0.4, -0.2) is 18.5 Å². The van der Waals surface area contributed by atoms with Gasteiger partial charge in [0.15, 0.2) is 5.78 Å². The van der Waals surface area contributed by atoms with E-state index in [1.165, 1.54) is 12.1 Å². The molecule has 1 aromatic carbocycles. The summed E-state index contributed by atoms with van der Waals surface area (Å²) in [7, 11) is 0. The van der Waals surface area contributed by atoms with Gasteiger partial charge in [-0.2, -0.15) is 0 Å². The van der Waals surface area contributed by atoms with Crippen molar-refractivity contribution in [2.45, 2.75) is 38.2 Å². The van der Waals surface area contributed by atoms with E-state index in [1.807, 2.05) is 0 Å². The Hall–Kier alpha value is -0.930. The normalized spacial score (nSPS) is 19.1. The largest absolute Gasteiger partial charge is 0.378 e. The molecule has 2 rings (SSSR count). The first-order valence-electron chi connectivity index (χ1n) is 6.27. The number of hydrogen-bond acceptors (Lipinski definition) is 2. The zero-order valence-corrected chi connectivity index (χ0v) is 10.9. The molecule has 1 aliphatic heterocycles. The maximum atomic E-state index is 13.2. The standard InChI is InChI=1S/C14H16ClFO2/c15-14-11(6-2-7-12(14)16)13(17)8-1-4-10-5-3-9-18-10/h2,6-7,10H,1,3-5,8-9H2. The van der Waals surface area contributed by atoms with Gasteiger partial charge in [0.2, 0.25) is 0 Å². The second kappa shape index (κ2) is 6.30. The van der Waals surface area contributed by atoms with Crippen molar-refractivity contribution in [3.05, 3.63) is 34.6 Å². The molecule has 0 aliphatic carbocycles. The zero-order valence-electron chi connectivity index (χ0n) is 10.1. The number of carbonyl (C=O) groups excluding carboxylic acids is 1. The summed E-state index contributed by atoms with van der Waals surface area (Å²) >= 11 is 5.77. The van der Waals surface area contributed by atoms with Crippen molar-refractivity contribution in [3.63, 3.8) is 0 Å². The average molecular weight is 271 g/mol. The Balaban J connectivity index is 1.85. The fourth-order valence-electron chi connectivity index (χ4n) is 2.22. The van der Waals surface area contributed by atoms with E-state index in [9.17, 15) is 9.18 Å². The number of halogens is 2. The summed E-state index contributed by atoms with van der Waals surface area (Å²) in [5, 5.41) is -0.0698. The fraction of sp³-hybridized carbons (Fsp3) is 0.500. The fourth-order valence-corrected chi connectivity index (χ4v) is 2.45. The van der Waals surface area contributed by atoms with Crippen LogP contribution in [0, 0.1) is 5.82 Å². The second-order valence-electron chi connectivity index (χ2n) is 4.55. The molecule has 1 aliphatic rings. The summed E-state index contributed by atoms with van der Waals surface area (Å²) < 4.78 is 18.7. The van der Waals surface area contributed by atoms with Gasteiger partial charge in [-0.05, 0) is 37.8 Å². The predicted molar refractivity (Wildman–Crippen MR) is 68.6 cm³/mol. The minimum absolute atomic E-state index is 0.0698. The van der Waals surface area contributed by atoms with Crippen LogP contribution in [0.2, 0.25) is 5.02 Å². The number of rotatable bonds is 5. The van der Waals surface area contributed by atoms with Crippen LogP contribution in [-0.2, 0) is 4.74 Å². The molecule has 0 bridgehead atoms. The number of ether oxygens (including phenoxy) is 1. The molecule has 0 radical (unpaired) electrons. The van der Waals surface area contributed by atoms with Gasteiger partial charge in [0.05, 0.1) is 11.1 Å². The molecule has 0 aromatic heterocycles. The van der Waals surface area contributed by atoms with Crippen LogP contribution in [0.3, 0.4) is 0 Å². The smallest absolute Gasteiger partial charge is 0.164 e. The summed E-state index contributed by atoms with van der Waals surface area (Å²) in [6.45, 7) is 0.828. The van der Waals surface area contributed by atoms with Crippen molar-refractivity contribution in [3.8, 4) is 0 Å². The predicted octanol–water partition coefficient (Wildman–Crippen LogP) is 4.01. The highest BCUT2D eigenvalue weighted by molar-refractivity contribution is 6.34. The third-order valence-electron chi connectivity index (χ3n) is 3.21. The average Bonchev–Trinajstić information content (AvgIpc) is 2.85. The molecule has 1 saturated heterocycles. The molecule has 0 spiro atoms. The quantitative estimate of drug-likeness (QED) is 0.756. The van der Waals surface area contributed by atoms with E-state index in [2.05, 4.69) is 0 Å². The molecule has 0 saturated carbocycles. The Morgan fingerprint density at radius 1 is 1.50 bits per heavy atom. The van der Waals surface area contributed by atoms with Gasteiger partial charge in [-0.3, -0.25) is 4.79 Å². The van der Waals surface area contributed by atoms with Crippen molar-refractivity contribution in [1.82, 2.24) is 0 Å². The Morgan fingerprint density at radius 2 is 2.33 bits per heavy atom. The first kappa shape index (κ1) is 13.5. The van der Waals surface area contributed by atoms with Crippen LogP contribution in [0.25, 0.3) is 0 Å². The van der Waals surface area contributed by atoms with Gasteiger partial charge in [-0.15, -0.1) is 0 Å². The minimum Gasteiger partial charge on any atom is -0.378 e. The Kier molecular flexibility index (Phi) is 4.72. The van der Waals surface area contributed by atoms with Gasteiger partial charge in [0.25, 0.3) is 0 Å². The third-order valence-corrected chi connectivity index (χ3v) is 3.59. The van der Waals surface area contributed by atoms with Gasteiger partial charge in [0.1, 0.15) is 5.82 Å².